The zero-order chi connectivity index (χ0) is 25.9. The molecule has 3 aromatic heterocycles. The number of carbonyl (C=O) groups is 1. The van der Waals surface area contributed by atoms with Crippen LogP contribution < -0.4 is 16.0 Å². The Hall–Kier alpha value is -3.55. The van der Waals surface area contributed by atoms with Gasteiger partial charge in [-0.05, 0) is 70.8 Å². The van der Waals surface area contributed by atoms with Gasteiger partial charge in [0.1, 0.15) is 12.2 Å². The lowest BCUT2D eigenvalue weighted by molar-refractivity contribution is -0.00177. The molecule has 36 heavy (non-hydrogen) atoms. The Balaban J connectivity index is 1.66. The average molecular weight is 494 g/mol. The fraction of sp³-hybridized carbons (Fsp3) is 0.462. The number of rotatable bonds is 8. The SMILES string of the molecule is CNC1CCC[C@@H](Nc2cc(-c3ccc4cc(C#N)cnn34)ncc2C(=O)NC[C@@H](F)C(C)(C)O)C1. The normalized spacial score (nSPS) is 19.0. The van der Waals surface area contributed by atoms with E-state index in [-0.39, 0.29) is 12.6 Å². The Labute approximate surface area is 209 Å². The summed E-state index contributed by atoms with van der Waals surface area (Å²) in [6.07, 6.45) is 5.40. The van der Waals surface area contributed by atoms with Crippen molar-refractivity contribution in [2.75, 3.05) is 18.9 Å². The van der Waals surface area contributed by atoms with E-state index >= 15 is 0 Å². The van der Waals surface area contributed by atoms with E-state index in [0.29, 0.717) is 34.2 Å². The van der Waals surface area contributed by atoms with Crippen molar-refractivity contribution in [3.63, 3.8) is 0 Å². The Kier molecular flexibility index (Phi) is 7.52. The maximum absolute atomic E-state index is 14.3. The summed E-state index contributed by atoms with van der Waals surface area (Å²) in [5, 5.41) is 32.8. The van der Waals surface area contributed by atoms with Gasteiger partial charge < -0.3 is 21.1 Å². The minimum absolute atomic E-state index is 0.156. The van der Waals surface area contributed by atoms with Crippen LogP contribution in [0.3, 0.4) is 0 Å². The number of nitrogens with one attached hydrogen (secondary N) is 3. The second-order valence-electron chi connectivity index (χ2n) is 9.85. The third-order valence-corrected chi connectivity index (χ3v) is 6.69. The Morgan fingerprint density at radius 2 is 2.08 bits per heavy atom. The van der Waals surface area contributed by atoms with E-state index in [1.165, 1.54) is 26.2 Å². The number of hydrogen-bond acceptors (Lipinski definition) is 7. The number of halogens is 1. The van der Waals surface area contributed by atoms with Crippen molar-refractivity contribution in [2.24, 2.45) is 0 Å². The third-order valence-electron chi connectivity index (χ3n) is 6.69. The predicted molar refractivity (Wildman–Crippen MR) is 135 cm³/mol. The van der Waals surface area contributed by atoms with E-state index in [1.54, 1.807) is 10.6 Å². The van der Waals surface area contributed by atoms with Crippen molar-refractivity contribution >= 4 is 17.1 Å². The summed E-state index contributed by atoms with van der Waals surface area (Å²) in [5.74, 6) is -0.471. The second kappa shape index (κ2) is 10.6. The summed E-state index contributed by atoms with van der Waals surface area (Å²) in [6.45, 7) is 2.41. The number of nitriles is 1. The highest BCUT2D eigenvalue weighted by atomic mass is 19.1. The minimum Gasteiger partial charge on any atom is -0.387 e. The second-order valence-corrected chi connectivity index (χ2v) is 9.85. The van der Waals surface area contributed by atoms with Crippen LogP contribution in [0.2, 0.25) is 0 Å². The van der Waals surface area contributed by atoms with E-state index in [9.17, 15) is 14.3 Å². The molecular weight excluding hydrogens is 461 g/mol. The zero-order valence-electron chi connectivity index (χ0n) is 20.8. The summed E-state index contributed by atoms with van der Waals surface area (Å²) in [7, 11) is 1.95. The number of pyridine rings is 1. The topological polar surface area (TPSA) is 127 Å². The molecule has 9 nitrogen and oxygen atoms in total. The van der Waals surface area contributed by atoms with Gasteiger partial charge >= 0.3 is 0 Å². The third kappa shape index (κ3) is 5.64. The fourth-order valence-corrected chi connectivity index (χ4v) is 4.48. The van der Waals surface area contributed by atoms with Gasteiger partial charge in [-0.1, -0.05) is 0 Å². The van der Waals surface area contributed by atoms with Crippen LogP contribution in [0.4, 0.5) is 10.1 Å². The first-order valence-corrected chi connectivity index (χ1v) is 12.2. The molecule has 0 saturated heterocycles. The molecule has 1 aliphatic rings. The lowest BCUT2D eigenvalue weighted by Gasteiger charge is -2.31. The smallest absolute Gasteiger partial charge is 0.255 e. The number of amides is 1. The van der Waals surface area contributed by atoms with Crippen LogP contribution in [0.15, 0.2) is 36.7 Å². The highest BCUT2D eigenvalue weighted by molar-refractivity contribution is 6.00. The molecule has 4 N–H and O–H groups in total. The van der Waals surface area contributed by atoms with Crippen LogP contribution >= 0.6 is 0 Å². The van der Waals surface area contributed by atoms with Gasteiger partial charge in [-0.15, -0.1) is 0 Å². The van der Waals surface area contributed by atoms with Gasteiger partial charge in [0.25, 0.3) is 5.91 Å². The molecule has 0 aromatic carbocycles. The van der Waals surface area contributed by atoms with E-state index in [2.05, 4.69) is 32.1 Å². The molecule has 4 rings (SSSR count). The first-order chi connectivity index (χ1) is 17.2. The number of anilines is 1. The lowest BCUT2D eigenvalue weighted by atomic mass is 9.90. The van der Waals surface area contributed by atoms with Crippen molar-refractivity contribution in [2.45, 2.75) is 63.4 Å². The number of fused-ring (bicyclic) bond motifs is 1. The van der Waals surface area contributed by atoms with Gasteiger partial charge in [0.2, 0.25) is 0 Å². The lowest BCUT2D eigenvalue weighted by Crippen LogP contribution is -2.42. The number of aromatic nitrogens is 3. The van der Waals surface area contributed by atoms with Crippen molar-refractivity contribution < 1.29 is 14.3 Å². The molecular formula is C26H32FN7O2. The fourth-order valence-electron chi connectivity index (χ4n) is 4.48. The summed E-state index contributed by atoms with van der Waals surface area (Å²) in [4.78, 5) is 17.6. The van der Waals surface area contributed by atoms with Crippen LogP contribution in [-0.4, -0.2) is 63.1 Å². The number of carbonyl (C=O) groups excluding carboxylic acids is 1. The van der Waals surface area contributed by atoms with E-state index in [1.807, 2.05) is 25.2 Å². The Morgan fingerprint density at radius 3 is 2.81 bits per heavy atom. The summed E-state index contributed by atoms with van der Waals surface area (Å²) >= 11 is 0. The largest absolute Gasteiger partial charge is 0.387 e. The van der Waals surface area contributed by atoms with E-state index in [0.717, 1.165) is 31.2 Å². The van der Waals surface area contributed by atoms with Gasteiger partial charge in [0.15, 0.2) is 0 Å². The molecule has 1 amide bonds. The summed E-state index contributed by atoms with van der Waals surface area (Å²) in [5.41, 5.74) is 1.87. The summed E-state index contributed by atoms with van der Waals surface area (Å²) < 4.78 is 16.0. The molecule has 1 fully saturated rings. The molecule has 0 spiro atoms. The zero-order valence-corrected chi connectivity index (χ0v) is 20.8. The molecule has 3 aromatic rings. The maximum Gasteiger partial charge on any atom is 0.255 e. The molecule has 190 valence electrons. The summed E-state index contributed by atoms with van der Waals surface area (Å²) in [6, 6.07) is 9.91. The monoisotopic (exact) mass is 493 g/mol. The van der Waals surface area contributed by atoms with Crippen LogP contribution in [0.25, 0.3) is 16.9 Å². The maximum atomic E-state index is 14.3. The first-order valence-electron chi connectivity index (χ1n) is 12.2. The molecule has 3 heterocycles. The number of alkyl halides is 1. The van der Waals surface area contributed by atoms with Crippen LogP contribution in [0.1, 0.15) is 55.5 Å². The molecule has 10 heteroatoms. The van der Waals surface area contributed by atoms with Crippen molar-refractivity contribution in [1.29, 1.82) is 5.26 Å². The predicted octanol–water partition coefficient (Wildman–Crippen LogP) is 3.05. The molecule has 1 saturated carbocycles. The average Bonchev–Trinajstić information content (AvgIpc) is 3.29. The molecule has 1 aliphatic carbocycles. The molecule has 1 unspecified atom stereocenters. The van der Waals surface area contributed by atoms with Gasteiger partial charge in [0.05, 0.1) is 52.1 Å². The van der Waals surface area contributed by atoms with Gasteiger partial charge in [-0.2, -0.15) is 10.4 Å². The van der Waals surface area contributed by atoms with Gasteiger partial charge in [-0.3, -0.25) is 9.78 Å². The van der Waals surface area contributed by atoms with Crippen molar-refractivity contribution in [3.8, 4) is 17.5 Å². The minimum atomic E-state index is -1.61. The van der Waals surface area contributed by atoms with Crippen molar-refractivity contribution in [1.82, 2.24) is 25.2 Å². The van der Waals surface area contributed by atoms with Crippen molar-refractivity contribution in [3.05, 3.63) is 47.8 Å². The highest BCUT2D eigenvalue weighted by Crippen LogP contribution is 2.28. The van der Waals surface area contributed by atoms with E-state index < -0.39 is 17.7 Å². The Bertz CT molecular complexity index is 1280. The standard InChI is InChI=1S/C26H32FN7O2/c1-26(2,36)24(27)15-31-25(35)20-14-30-22(11-21(20)33-18-6-4-5-17(10-18)29-3)23-8-7-19-9-16(12-28)13-32-34(19)23/h7-9,11,13-14,17-18,24,29,36H,4-6,10,15H2,1-3H3,(H,30,33)(H,31,35)/t17?,18-,24-/m1/s1. The molecule has 0 radical (unpaired) electrons. The number of aliphatic hydroxyl groups is 1. The van der Waals surface area contributed by atoms with Gasteiger partial charge in [0, 0.05) is 18.3 Å². The van der Waals surface area contributed by atoms with E-state index in [4.69, 9.17) is 5.26 Å². The molecule has 0 aliphatic heterocycles. The number of nitrogens with zero attached hydrogens (tertiary/aromatic N) is 4. The van der Waals surface area contributed by atoms with Gasteiger partial charge in [-0.25, -0.2) is 8.91 Å². The van der Waals surface area contributed by atoms with Crippen LogP contribution in [0, 0.1) is 11.3 Å². The van der Waals surface area contributed by atoms with Crippen LogP contribution in [-0.2, 0) is 0 Å². The molecule has 3 atom stereocenters. The Morgan fingerprint density at radius 1 is 1.31 bits per heavy atom. The van der Waals surface area contributed by atoms with Crippen LogP contribution in [0.5, 0.6) is 0 Å². The highest BCUT2D eigenvalue weighted by Gasteiger charge is 2.28. The quantitative estimate of drug-likeness (QED) is 0.380. The molecule has 0 bridgehead atoms. The first kappa shape index (κ1) is 25.5. The number of hydrogen-bond donors (Lipinski definition) is 4.